The molecule has 7 nitrogen and oxygen atoms in total. The van der Waals surface area contributed by atoms with E-state index in [1.165, 1.54) is 12.7 Å². The van der Waals surface area contributed by atoms with Crippen LogP contribution in [0.2, 0.25) is 0 Å². The maximum absolute atomic E-state index is 12.6. The summed E-state index contributed by atoms with van der Waals surface area (Å²) in [6.07, 6.45) is 5.19. The van der Waals surface area contributed by atoms with E-state index in [1.807, 2.05) is 37.3 Å². The third-order valence-corrected chi connectivity index (χ3v) is 7.46. The largest absolute Gasteiger partial charge is 0.481 e. The number of amides is 1. The molecule has 0 saturated heterocycles. The van der Waals surface area contributed by atoms with Gasteiger partial charge in [0.1, 0.15) is 5.82 Å². The Labute approximate surface area is 199 Å². The summed E-state index contributed by atoms with van der Waals surface area (Å²) in [7, 11) is 1.41. The quantitative estimate of drug-likeness (QED) is 0.566. The second kappa shape index (κ2) is 9.12. The fourth-order valence-corrected chi connectivity index (χ4v) is 5.76. The molecule has 2 aromatic carbocycles. The molecule has 0 spiro atoms. The highest BCUT2D eigenvalue weighted by molar-refractivity contribution is 5.95. The molecule has 1 N–H and O–H groups in total. The lowest BCUT2D eigenvalue weighted by molar-refractivity contribution is -0.143. The summed E-state index contributed by atoms with van der Waals surface area (Å²) in [5, 5.41) is 9.68. The number of methoxy groups -OCH3 is 1. The van der Waals surface area contributed by atoms with Gasteiger partial charge in [0.15, 0.2) is 0 Å². The van der Waals surface area contributed by atoms with E-state index in [0.717, 1.165) is 60.2 Å². The molecular formula is C27H31N3O4. The lowest BCUT2D eigenvalue weighted by Crippen LogP contribution is -2.42. The molecule has 1 amide bonds. The Bertz CT molecular complexity index is 1220. The van der Waals surface area contributed by atoms with Crippen molar-refractivity contribution < 1.29 is 19.4 Å². The topological polar surface area (TPSA) is 84.7 Å². The predicted octanol–water partition coefficient (Wildman–Crippen LogP) is 5.35. The third-order valence-electron chi connectivity index (χ3n) is 7.46. The number of ether oxygens (including phenoxy) is 1. The SMILES string of the molecule is COC(=O)N1c2ccc3c(nc(Cc4ccccc4)n3[C@@H]3CCC[C@@H](C(=O)O)C3)c2CC[C@@H]1C. The van der Waals surface area contributed by atoms with E-state index in [2.05, 4.69) is 16.7 Å². The first kappa shape index (κ1) is 22.4. The van der Waals surface area contributed by atoms with Gasteiger partial charge in [-0.25, -0.2) is 9.78 Å². The van der Waals surface area contributed by atoms with Crippen molar-refractivity contribution in [3.8, 4) is 0 Å². The molecule has 1 aliphatic carbocycles. The van der Waals surface area contributed by atoms with E-state index in [9.17, 15) is 14.7 Å². The monoisotopic (exact) mass is 461 g/mol. The van der Waals surface area contributed by atoms with Crippen molar-refractivity contribution in [1.29, 1.82) is 0 Å². The second-order valence-corrected chi connectivity index (χ2v) is 9.57. The summed E-state index contributed by atoms with van der Waals surface area (Å²) in [5.74, 6) is -0.0817. The smallest absolute Gasteiger partial charge is 0.414 e. The molecule has 1 saturated carbocycles. The summed E-state index contributed by atoms with van der Waals surface area (Å²) < 4.78 is 7.36. The van der Waals surface area contributed by atoms with Gasteiger partial charge in [-0.05, 0) is 56.7 Å². The van der Waals surface area contributed by atoms with Crippen molar-refractivity contribution in [1.82, 2.24) is 9.55 Å². The molecule has 5 rings (SSSR count). The van der Waals surface area contributed by atoms with Crippen LogP contribution >= 0.6 is 0 Å². The number of nitrogens with zero attached hydrogens (tertiary/aromatic N) is 3. The Hall–Kier alpha value is -3.35. The molecule has 178 valence electrons. The van der Waals surface area contributed by atoms with Crippen LogP contribution < -0.4 is 4.90 Å². The van der Waals surface area contributed by atoms with Crippen LogP contribution in [0.1, 0.15) is 62.0 Å². The molecule has 2 aliphatic rings. The zero-order valence-electron chi connectivity index (χ0n) is 19.7. The van der Waals surface area contributed by atoms with Crippen LogP contribution in [0.4, 0.5) is 10.5 Å². The maximum atomic E-state index is 12.6. The Morgan fingerprint density at radius 2 is 1.91 bits per heavy atom. The van der Waals surface area contributed by atoms with Crippen LogP contribution in [0.3, 0.4) is 0 Å². The Balaban J connectivity index is 1.65. The Kier molecular flexibility index (Phi) is 6.02. The predicted molar refractivity (Wildman–Crippen MR) is 130 cm³/mol. The number of benzene rings is 2. The van der Waals surface area contributed by atoms with Gasteiger partial charge in [-0.1, -0.05) is 36.8 Å². The van der Waals surface area contributed by atoms with Crippen molar-refractivity contribution >= 4 is 28.8 Å². The minimum atomic E-state index is -0.709. The average Bonchev–Trinajstić information content (AvgIpc) is 3.22. The number of carbonyl (C=O) groups is 2. The first-order chi connectivity index (χ1) is 16.5. The van der Waals surface area contributed by atoms with Crippen molar-refractivity contribution in [3.63, 3.8) is 0 Å². The summed E-state index contributed by atoms with van der Waals surface area (Å²) in [6, 6.07) is 14.5. The number of aromatic nitrogens is 2. The summed E-state index contributed by atoms with van der Waals surface area (Å²) >= 11 is 0. The molecule has 0 radical (unpaired) electrons. The summed E-state index contributed by atoms with van der Waals surface area (Å²) in [6.45, 7) is 2.04. The van der Waals surface area contributed by atoms with Gasteiger partial charge in [0, 0.05) is 24.1 Å². The van der Waals surface area contributed by atoms with Crippen LogP contribution in [-0.4, -0.2) is 39.9 Å². The van der Waals surface area contributed by atoms with Crippen LogP contribution in [0.5, 0.6) is 0 Å². The van der Waals surface area contributed by atoms with Crippen LogP contribution in [0, 0.1) is 5.92 Å². The molecule has 1 aromatic heterocycles. The van der Waals surface area contributed by atoms with Gasteiger partial charge in [0.2, 0.25) is 0 Å². The van der Waals surface area contributed by atoms with Crippen molar-refractivity contribution in [2.75, 3.05) is 12.0 Å². The number of fused-ring (bicyclic) bond motifs is 3. The third kappa shape index (κ3) is 3.93. The van der Waals surface area contributed by atoms with E-state index >= 15 is 0 Å². The minimum Gasteiger partial charge on any atom is -0.481 e. The Morgan fingerprint density at radius 3 is 2.65 bits per heavy atom. The molecule has 0 bridgehead atoms. The number of aryl methyl sites for hydroxylation is 1. The highest BCUT2D eigenvalue weighted by atomic mass is 16.5. The first-order valence-corrected chi connectivity index (χ1v) is 12.1. The van der Waals surface area contributed by atoms with E-state index in [0.29, 0.717) is 12.8 Å². The zero-order chi connectivity index (χ0) is 23.8. The normalized spacial score (nSPS) is 22.4. The molecule has 1 fully saturated rings. The number of aliphatic carboxylic acids is 1. The zero-order valence-corrected chi connectivity index (χ0v) is 19.7. The number of carboxylic acid groups (broad SMARTS) is 1. The van der Waals surface area contributed by atoms with E-state index in [4.69, 9.17) is 9.72 Å². The second-order valence-electron chi connectivity index (χ2n) is 9.57. The molecule has 3 atom stereocenters. The highest BCUT2D eigenvalue weighted by Crippen LogP contribution is 2.40. The number of anilines is 1. The minimum absolute atomic E-state index is 0.0537. The lowest BCUT2D eigenvalue weighted by Gasteiger charge is -2.34. The summed E-state index contributed by atoms with van der Waals surface area (Å²) in [4.78, 5) is 31.2. The molecule has 7 heteroatoms. The summed E-state index contributed by atoms with van der Waals surface area (Å²) in [5.41, 5.74) is 5.05. The van der Waals surface area contributed by atoms with Gasteiger partial charge in [0.25, 0.3) is 0 Å². The van der Waals surface area contributed by atoms with Gasteiger partial charge in [-0.15, -0.1) is 0 Å². The number of carbonyl (C=O) groups excluding carboxylic acids is 1. The lowest BCUT2D eigenvalue weighted by atomic mass is 9.85. The highest BCUT2D eigenvalue weighted by Gasteiger charge is 2.34. The first-order valence-electron chi connectivity index (χ1n) is 12.1. The van der Waals surface area contributed by atoms with Crippen molar-refractivity contribution in [3.05, 3.63) is 59.4 Å². The Morgan fingerprint density at radius 1 is 1.12 bits per heavy atom. The molecule has 2 heterocycles. The number of carboxylic acids is 1. The van der Waals surface area contributed by atoms with E-state index in [-0.39, 0.29) is 24.1 Å². The van der Waals surface area contributed by atoms with Crippen molar-refractivity contribution in [2.45, 2.75) is 64.0 Å². The van der Waals surface area contributed by atoms with Crippen molar-refractivity contribution in [2.24, 2.45) is 5.92 Å². The van der Waals surface area contributed by atoms with Crippen LogP contribution in [0.25, 0.3) is 11.0 Å². The van der Waals surface area contributed by atoms with Gasteiger partial charge in [0.05, 0.1) is 29.7 Å². The number of hydrogen-bond donors (Lipinski definition) is 1. The van der Waals surface area contributed by atoms with Gasteiger partial charge in [-0.3, -0.25) is 9.69 Å². The van der Waals surface area contributed by atoms with E-state index < -0.39 is 5.97 Å². The standard InChI is InChI=1S/C27H31N3O4/c1-17-11-12-21-22(29(17)27(33)34-2)13-14-23-25(21)28-24(15-18-7-4-3-5-8-18)30(23)20-10-6-9-19(16-20)26(31)32/h3-5,7-8,13-14,17,19-20H,6,9-12,15-16H2,1-2H3,(H,31,32)/t17-,19+,20+/m0/s1. The van der Waals surface area contributed by atoms with Crippen LogP contribution in [0.15, 0.2) is 42.5 Å². The molecule has 0 unspecified atom stereocenters. The molecule has 3 aromatic rings. The number of rotatable bonds is 4. The van der Waals surface area contributed by atoms with E-state index in [1.54, 1.807) is 4.90 Å². The molecular weight excluding hydrogens is 430 g/mol. The molecule has 34 heavy (non-hydrogen) atoms. The van der Waals surface area contributed by atoms with Gasteiger partial charge >= 0.3 is 12.1 Å². The fraction of sp³-hybridized carbons (Fsp3) is 0.444. The van der Waals surface area contributed by atoms with Gasteiger partial charge in [-0.2, -0.15) is 0 Å². The van der Waals surface area contributed by atoms with Gasteiger partial charge < -0.3 is 14.4 Å². The number of imidazole rings is 1. The van der Waals surface area contributed by atoms with Crippen LogP contribution in [-0.2, 0) is 22.4 Å². The average molecular weight is 462 g/mol. The molecule has 1 aliphatic heterocycles. The number of hydrogen-bond acceptors (Lipinski definition) is 4. The fourth-order valence-electron chi connectivity index (χ4n) is 5.76. The maximum Gasteiger partial charge on any atom is 0.414 e.